The molecule has 6 nitrogen and oxygen atoms in total. The van der Waals surface area contributed by atoms with Gasteiger partial charge < -0.3 is 11.1 Å². The van der Waals surface area contributed by atoms with Gasteiger partial charge in [-0.2, -0.15) is 10.5 Å². The van der Waals surface area contributed by atoms with Crippen LogP contribution in [0.5, 0.6) is 0 Å². The minimum atomic E-state index is -0.272. The molecule has 0 spiro atoms. The number of nitrogen functional groups attached to an aromatic ring is 1. The number of pyridine rings is 1. The topological polar surface area (TPSA) is 116 Å². The van der Waals surface area contributed by atoms with E-state index in [0.717, 1.165) is 11.8 Å². The molecule has 114 valence electrons. The molecule has 0 aliphatic carbocycles. The summed E-state index contributed by atoms with van der Waals surface area (Å²) in [6, 6.07) is 11.9. The lowest BCUT2D eigenvalue weighted by atomic mass is 10.2. The van der Waals surface area contributed by atoms with Crippen molar-refractivity contribution in [2.45, 2.75) is 5.03 Å². The smallest absolute Gasteiger partial charge is 0.234 e. The maximum atomic E-state index is 11.9. The Morgan fingerprint density at radius 1 is 1.30 bits per heavy atom. The van der Waals surface area contributed by atoms with Crippen LogP contribution >= 0.6 is 23.4 Å². The van der Waals surface area contributed by atoms with Gasteiger partial charge in [-0.3, -0.25) is 4.79 Å². The molecule has 0 aliphatic rings. The monoisotopic (exact) mass is 343 g/mol. The average molecular weight is 344 g/mol. The van der Waals surface area contributed by atoms with Crippen molar-refractivity contribution < 1.29 is 4.79 Å². The molecule has 1 aromatic heterocycles. The van der Waals surface area contributed by atoms with Gasteiger partial charge in [-0.25, -0.2) is 4.98 Å². The summed E-state index contributed by atoms with van der Waals surface area (Å²) in [5.41, 5.74) is 6.55. The molecule has 23 heavy (non-hydrogen) atoms. The van der Waals surface area contributed by atoms with E-state index in [1.54, 1.807) is 24.3 Å². The molecule has 1 heterocycles. The van der Waals surface area contributed by atoms with Crippen LogP contribution in [0.15, 0.2) is 35.4 Å². The summed E-state index contributed by atoms with van der Waals surface area (Å²) in [5, 5.41) is 21.5. The summed E-state index contributed by atoms with van der Waals surface area (Å²) in [5.74, 6) is -0.199. The normalized spacial score (nSPS) is 9.70. The van der Waals surface area contributed by atoms with Crippen molar-refractivity contribution in [3.8, 4) is 12.1 Å². The van der Waals surface area contributed by atoms with Crippen LogP contribution in [-0.4, -0.2) is 16.6 Å². The number of thioether (sulfide) groups is 1. The Hall–Kier alpha value is -2.74. The van der Waals surface area contributed by atoms with E-state index in [0.29, 0.717) is 15.7 Å². The lowest BCUT2D eigenvalue weighted by Crippen LogP contribution is -2.14. The van der Waals surface area contributed by atoms with Gasteiger partial charge in [-0.1, -0.05) is 29.4 Å². The molecule has 8 heteroatoms. The van der Waals surface area contributed by atoms with Gasteiger partial charge in [0.1, 0.15) is 23.0 Å². The maximum absolute atomic E-state index is 11.9. The molecule has 2 aromatic rings. The number of nitrogens with one attached hydrogen (secondary N) is 1. The number of nitriles is 2. The van der Waals surface area contributed by atoms with E-state index in [4.69, 9.17) is 27.9 Å². The quantitative estimate of drug-likeness (QED) is 0.824. The highest BCUT2D eigenvalue weighted by molar-refractivity contribution is 8.00. The first-order chi connectivity index (χ1) is 11.0. The molecule has 0 unspecified atom stereocenters. The van der Waals surface area contributed by atoms with Gasteiger partial charge in [-0.15, -0.1) is 0 Å². The van der Waals surface area contributed by atoms with Crippen LogP contribution in [0.4, 0.5) is 11.5 Å². The van der Waals surface area contributed by atoms with Crippen molar-refractivity contribution in [1.29, 1.82) is 10.5 Å². The fourth-order valence-electron chi connectivity index (χ4n) is 1.69. The second kappa shape index (κ2) is 7.50. The molecule has 0 fully saturated rings. The van der Waals surface area contributed by atoms with E-state index in [1.165, 1.54) is 6.07 Å². The highest BCUT2D eigenvalue weighted by Gasteiger charge is 2.12. The largest absolute Gasteiger partial charge is 0.383 e. The first-order valence-corrected chi connectivity index (χ1v) is 7.68. The van der Waals surface area contributed by atoms with Gasteiger partial charge in [0.25, 0.3) is 0 Å². The van der Waals surface area contributed by atoms with Crippen LogP contribution in [0.1, 0.15) is 11.1 Å². The maximum Gasteiger partial charge on any atom is 0.234 e. The molecule has 2 rings (SSSR count). The Morgan fingerprint density at radius 3 is 2.70 bits per heavy atom. The molecule has 0 atom stereocenters. The van der Waals surface area contributed by atoms with E-state index in [2.05, 4.69) is 10.3 Å². The number of hydrogen-bond donors (Lipinski definition) is 2. The molecular weight excluding hydrogens is 334 g/mol. The second-order valence-corrected chi connectivity index (χ2v) is 5.75. The number of rotatable bonds is 4. The Kier molecular flexibility index (Phi) is 5.42. The lowest BCUT2D eigenvalue weighted by Gasteiger charge is -2.07. The second-order valence-electron chi connectivity index (χ2n) is 4.34. The predicted molar refractivity (Wildman–Crippen MR) is 88.9 cm³/mol. The molecule has 3 N–H and O–H groups in total. The summed E-state index contributed by atoms with van der Waals surface area (Å²) in [7, 11) is 0. The van der Waals surface area contributed by atoms with Crippen molar-refractivity contribution in [3.63, 3.8) is 0 Å². The minimum absolute atomic E-state index is 0.0317. The van der Waals surface area contributed by atoms with Crippen LogP contribution < -0.4 is 11.1 Å². The molecule has 0 radical (unpaired) electrons. The number of nitrogens with two attached hydrogens (primary N) is 1. The zero-order valence-corrected chi connectivity index (χ0v) is 13.3. The number of nitrogens with zero attached hydrogens (tertiary/aromatic N) is 3. The predicted octanol–water partition coefficient (Wildman–Crippen LogP) is 2.79. The molecule has 1 aromatic carbocycles. The molecule has 0 saturated heterocycles. The van der Waals surface area contributed by atoms with Gasteiger partial charge >= 0.3 is 0 Å². The number of halogens is 1. The number of amides is 1. The van der Waals surface area contributed by atoms with Gasteiger partial charge in [0.15, 0.2) is 0 Å². The van der Waals surface area contributed by atoms with E-state index in [1.807, 2.05) is 12.1 Å². The molecule has 1 amide bonds. The fraction of sp³-hybridized carbons (Fsp3) is 0.0667. The zero-order valence-electron chi connectivity index (χ0n) is 11.7. The Morgan fingerprint density at radius 2 is 2.04 bits per heavy atom. The third kappa shape index (κ3) is 4.36. The van der Waals surface area contributed by atoms with E-state index < -0.39 is 0 Å². The van der Waals surface area contributed by atoms with Crippen molar-refractivity contribution in [3.05, 3.63) is 46.5 Å². The molecule has 0 aliphatic heterocycles. The van der Waals surface area contributed by atoms with Crippen LogP contribution in [0.3, 0.4) is 0 Å². The standard InChI is InChI=1S/C15H10ClN5OS/c16-11-2-1-3-12(5-11)20-13(22)8-23-15-10(7-18)4-9(6-17)14(19)21-15/h1-5H,8H2,(H2,19,21)(H,20,22). The number of carbonyl (C=O) groups excluding carboxylic acids is 1. The number of carbonyl (C=O) groups is 1. The van der Waals surface area contributed by atoms with Gasteiger partial charge in [-0.05, 0) is 24.3 Å². The van der Waals surface area contributed by atoms with E-state index >= 15 is 0 Å². The third-order valence-corrected chi connectivity index (χ3v) is 3.93. The number of benzene rings is 1. The van der Waals surface area contributed by atoms with Crippen LogP contribution in [-0.2, 0) is 4.79 Å². The summed E-state index contributed by atoms with van der Waals surface area (Å²) in [4.78, 5) is 15.9. The zero-order chi connectivity index (χ0) is 16.8. The summed E-state index contributed by atoms with van der Waals surface area (Å²) >= 11 is 6.91. The highest BCUT2D eigenvalue weighted by Crippen LogP contribution is 2.24. The van der Waals surface area contributed by atoms with Crippen molar-refractivity contribution in [2.24, 2.45) is 0 Å². The van der Waals surface area contributed by atoms with Crippen LogP contribution in [0.2, 0.25) is 5.02 Å². The number of anilines is 2. The third-order valence-electron chi connectivity index (χ3n) is 2.71. The molecule has 0 bridgehead atoms. The Bertz CT molecular complexity index is 841. The number of hydrogen-bond acceptors (Lipinski definition) is 6. The van der Waals surface area contributed by atoms with E-state index in [9.17, 15) is 4.79 Å². The first-order valence-electron chi connectivity index (χ1n) is 6.32. The summed E-state index contributed by atoms with van der Waals surface area (Å²) in [6.07, 6.45) is 0. The minimum Gasteiger partial charge on any atom is -0.383 e. The summed E-state index contributed by atoms with van der Waals surface area (Å²) < 4.78 is 0. The SMILES string of the molecule is N#Cc1cc(C#N)c(SCC(=O)Nc2cccc(Cl)c2)nc1N. The van der Waals surface area contributed by atoms with Crippen LogP contribution in [0.25, 0.3) is 0 Å². The molecular formula is C15H10ClN5OS. The van der Waals surface area contributed by atoms with Crippen molar-refractivity contribution in [1.82, 2.24) is 4.98 Å². The van der Waals surface area contributed by atoms with Crippen LogP contribution in [0, 0.1) is 22.7 Å². The van der Waals surface area contributed by atoms with Gasteiger partial charge in [0, 0.05) is 10.7 Å². The Balaban J connectivity index is 2.06. The number of aromatic nitrogens is 1. The van der Waals surface area contributed by atoms with Gasteiger partial charge in [0.2, 0.25) is 5.91 Å². The average Bonchev–Trinajstić information content (AvgIpc) is 2.53. The Labute approximate surface area is 141 Å². The lowest BCUT2D eigenvalue weighted by molar-refractivity contribution is -0.113. The van der Waals surface area contributed by atoms with E-state index in [-0.39, 0.29) is 28.6 Å². The van der Waals surface area contributed by atoms with Crippen molar-refractivity contribution >= 4 is 40.8 Å². The summed E-state index contributed by atoms with van der Waals surface area (Å²) in [6.45, 7) is 0. The van der Waals surface area contributed by atoms with Gasteiger partial charge in [0.05, 0.1) is 16.9 Å². The molecule has 0 saturated carbocycles. The highest BCUT2D eigenvalue weighted by atomic mass is 35.5. The fourth-order valence-corrected chi connectivity index (χ4v) is 2.64. The van der Waals surface area contributed by atoms with Crippen molar-refractivity contribution in [2.75, 3.05) is 16.8 Å². The first kappa shape index (κ1) is 16.6.